The highest BCUT2D eigenvalue weighted by Gasteiger charge is 2.61. The van der Waals surface area contributed by atoms with Gasteiger partial charge in [-0.05, 0) is 67.1 Å². The van der Waals surface area contributed by atoms with Crippen LogP contribution in [0.2, 0.25) is 0 Å². The number of Topliss-reactive ketones (excluding diaryl/α,β-unsaturated/α-hetero) is 1. The summed E-state index contributed by atoms with van der Waals surface area (Å²) in [5.74, 6) is 2.80. The van der Waals surface area contributed by atoms with Crippen LogP contribution in [0.4, 0.5) is 0 Å². The lowest BCUT2D eigenvalue weighted by atomic mass is 9.45. The zero-order chi connectivity index (χ0) is 16.8. The maximum absolute atomic E-state index is 12.8. The first kappa shape index (κ1) is 19.9. The van der Waals surface area contributed by atoms with Gasteiger partial charge in [0.25, 0.3) is 0 Å². The van der Waals surface area contributed by atoms with E-state index in [1.165, 1.54) is 32.1 Å². The number of hydrogen-bond donors (Lipinski definition) is 2. The van der Waals surface area contributed by atoms with Crippen LogP contribution in [0, 0.1) is 34.5 Å². The molecule has 4 aliphatic rings. The van der Waals surface area contributed by atoms with Crippen LogP contribution in [0.3, 0.4) is 0 Å². The zero-order valence-electron chi connectivity index (χ0n) is 15.6. The van der Waals surface area contributed by atoms with Gasteiger partial charge in [0.1, 0.15) is 5.78 Å². The zero-order valence-corrected chi connectivity index (χ0v) is 15.6. The third-order valence-electron chi connectivity index (χ3n) is 8.31. The topological polar surface area (TPSA) is 89.0 Å². The summed E-state index contributed by atoms with van der Waals surface area (Å²) in [7, 11) is 1.00. The van der Waals surface area contributed by atoms with Gasteiger partial charge in [-0.15, -0.1) is 0 Å². The van der Waals surface area contributed by atoms with E-state index >= 15 is 0 Å². The highest BCUT2D eigenvalue weighted by Crippen LogP contribution is 2.65. The Balaban J connectivity index is 0.000000670. The molecule has 4 rings (SSSR count). The van der Waals surface area contributed by atoms with E-state index in [1.54, 1.807) is 0 Å². The third-order valence-corrected chi connectivity index (χ3v) is 8.31. The Morgan fingerprint density at radius 2 is 1.58 bits per heavy atom. The first-order valence-corrected chi connectivity index (χ1v) is 9.62. The van der Waals surface area contributed by atoms with E-state index in [2.05, 4.69) is 13.8 Å². The second kappa shape index (κ2) is 7.05. The van der Waals surface area contributed by atoms with Crippen molar-refractivity contribution >= 4 is 5.78 Å². The molecule has 0 aromatic rings. The summed E-state index contributed by atoms with van der Waals surface area (Å²) in [4.78, 5) is 12.8. The first-order chi connectivity index (χ1) is 11.0. The molecule has 4 N–H and O–H groups in total. The van der Waals surface area contributed by atoms with Gasteiger partial charge in [0.2, 0.25) is 0 Å². The predicted octanol–water partition coefficient (Wildman–Crippen LogP) is 2.74. The van der Waals surface area contributed by atoms with Crippen LogP contribution < -0.4 is 0 Å². The van der Waals surface area contributed by atoms with Gasteiger partial charge < -0.3 is 15.7 Å². The molecule has 24 heavy (non-hydrogen) atoms. The molecule has 4 nitrogen and oxygen atoms in total. The number of aliphatic hydroxyl groups is 2. The summed E-state index contributed by atoms with van der Waals surface area (Å²) >= 11 is 0. The Kier molecular flexibility index (Phi) is 5.83. The van der Waals surface area contributed by atoms with Gasteiger partial charge in [-0.2, -0.15) is 0 Å². The minimum Gasteiger partial charge on any atom is -0.412 e. The van der Waals surface area contributed by atoms with Crippen LogP contribution in [0.5, 0.6) is 0 Å². The quantitative estimate of drug-likeness (QED) is 0.710. The second-order valence-corrected chi connectivity index (χ2v) is 8.99. The van der Waals surface area contributed by atoms with Crippen molar-refractivity contribution in [3.05, 3.63) is 0 Å². The summed E-state index contributed by atoms with van der Waals surface area (Å²) < 4.78 is 0. The minimum absolute atomic E-state index is 0. The molecule has 0 spiro atoms. The number of carbonyl (C=O) groups excluding carboxylic acids is 1. The normalized spacial score (nSPS) is 49.7. The summed E-state index contributed by atoms with van der Waals surface area (Å²) in [5, 5.41) is 17.5. The maximum atomic E-state index is 12.8. The minimum atomic E-state index is -0.129. The van der Waals surface area contributed by atoms with Gasteiger partial charge in [-0.3, -0.25) is 4.79 Å². The molecular formula is C20H36O4. The number of fused-ring (bicyclic) bond motifs is 5. The monoisotopic (exact) mass is 340 g/mol. The molecule has 0 radical (unpaired) electrons. The molecule has 140 valence electrons. The van der Waals surface area contributed by atoms with E-state index in [1.807, 2.05) is 0 Å². The van der Waals surface area contributed by atoms with Crippen LogP contribution in [0.1, 0.15) is 71.6 Å². The van der Waals surface area contributed by atoms with Gasteiger partial charge in [0.05, 0.1) is 6.10 Å². The molecule has 0 amide bonds. The van der Waals surface area contributed by atoms with E-state index in [0.29, 0.717) is 23.5 Å². The Morgan fingerprint density at radius 3 is 2.29 bits per heavy atom. The predicted molar refractivity (Wildman–Crippen MR) is 94.5 cm³/mol. The fourth-order valence-corrected chi connectivity index (χ4v) is 7.07. The molecule has 0 bridgehead atoms. The van der Waals surface area contributed by atoms with Crippen LogP contribution >= 0.6 is 0 Å². The van der Waals surface area contributed by atoms with Crippen molar-refractivity contribution in [2.24, 2.45) is 34.5 Å². The van der Waals surface area contributed by atoms with Gasteiger partial charge in [-0.25, -0.2) is 0 Å². The molecule has 4 heteroatoms. The molecule has 7 unspecified atom stereocenters. The molecule has 7 atom stereocenters. The smallest absolute Gasteiger partial charge is 0.136 e. The lowest BCUT2D eigenvalue weighted by molar-refractivity contribution is -0.155. The maximum Gasteiger partial charge on any atom is 0.136 e. The Morgan fingerprint density at radius 1 is 0.917 bits per heavy atom. The van der Waals surface area contributed by atoms with Crippen LogP contribution in [-0.2, 0) is 4.79 Å². The fraction of sp³-hybridized carbons (Fsp3) is 0.950. The standard InChI is InChI=1S/C19H30O2.CH4O.H2O/c1-18-9-4-3-5-15(18)16(20)11-12-13-6-7-17(21)19(13,2)10-8-14(12)18;1-2;/h12-15,17,21H,3-11H2,1-2H3;2H,1H3;1H2. The molecule has 0 saturated heterocycles. The molecule has 4 saturated carbocycles. The summed E-state index contributed by atoms with van der Waals surface area (Å²) in [5.41, 5.74) is 0.367. The Bertz CT molecular complexity index is 465. The average molecular weight is 341 g/mol. The highest BCUT2D eigenvalue weighted by atomic mass is 16.3. The van der Waals surface area contributed by atoms with Gasteiger partial charge in [0, 0.05) is 19.4 Å². The van der Waals surface area contributed by atoms with E-state index in [9.17, 15) is 9.90 Å². The SMILES string of the molecule is CC12CCC3C(CC(=O)C4CCCCC43C)C1CCC2O.CO.O. The van der Waals surface area contributed by atoms with Crippen molar-refractivity contribution in [1.82, 2.24) is 0 Å². The van der Waals surface area contributed by atoms with Crippen molar-refractivity contribution in [2.45, 2.75) is 77.7 Å². The molecular weight excluding hydrogens is 304 g/mol. The van der Waals surface area contributed by atoms with Crippen LogP contribution in [0.15, 0.2) is 0 Å². The van der Waals surface area contributed by atoms with Crippen LogP contribution in [0.25, 0.3) is 0 Å². The van der Waals surface area contributed by atoms with E-state index in [-0.39, 0.29) is 22.4 Å². The number of hydrogen-bond acceptors (Lipinski definition) is 3. The fourth-order valence-electron chi connectivity index (χ4n) is 7.07. The van der Waals surface area contributed by atoms with Crippen molar-refractivity contribution in [1.29, 1.82) is 0 Å². The van der Waals surface area contributed by atoms with E-state index in [4.69, 9.17) is 5.11 Å². The number of aliphatic hydroxyl groups excluding tert-OH is 2. The van der Waals surface area contributed by atoms with Gasteiger partial charge in [-0.1, -0.05) is 26.7 Å². The van der Waals surface area contributed by atoms with Gasteiger partial charge in [0.15, 0.2) is 0 Å². The molecule has 4 aliphatic carbocycles. The lowest BCUT2D eigenvalue weighted by Crippen LogP contribution is -2.56. The van der Waals surface area contributed by atoms with Crippen molar-refractivity contribution in [2.75, 3.05) is 7.11 Å². The van der Waals surface area contributed by atoms with E-state index in [0.717, 1.165) is 38.7 Å². The molecule has 0 aromatic heterocycles. The lowest BCUT2D eigenvalue weighted by Gasteiger charge is -2.59. The first-order valence-electron chi connectivity index (χ1n) is 9.62. The second-order valence-electron chi connectivity index (χ2n) is 8.99. The Hall–Kier alpha value is -0.450. The summed E-state index contributed by atoms with van der Waals surface area (Å²) in [6.07, 6.45) is 10.2. The van der Waals surface area contributed by atoms with Crippen molar-refractivity contribution < 1.29 is 20.5 Å². The molecule has 4 fully saturated rings. The molecule has 0 heterocycles. The Labute approximate surface area is 146 Å². The third kappa shape index (κ3) is 2.65. The number of carbonyl (C=O) groups is 1. The van der Waals surface area contributed by atoms with E-state index < -0.39 is 0 Å². The largest absolute Gasteiger partial charge is 0.412 e. The average Bonchev–Trinajstić information content (AvgIpc) is 2.85. The summed E-state index contributed by atoms with van der Waals surface area (Å²) in [6, 6.07) is 0. The number of ketones is 1. The van der Waals surface area contributed by atoms with Crippen molar-refractivity contribution in [3.63, 3.8) is 0 Å². The highest BCUT2D eigenvalue weighted by molar-refractivity contribution is 5.83. The number of rotatable bonds is 0. The summed E-state index contributed by atoms with van der Waals surface area (Å²) in [6.45, 7) is 4.73. The molecule has 0 aromatic carbocycles. The van der Waals surface area contributed by atoms with Crippen molar-refractivity contribution in [3.8, 4) is 0 Å². The molecule has 0 aliphatic heterocycles. The van der Waals surface area contributed by atoms with Gasteiger partial charge >= 0.3 is 0 Å². The van der Waals surface area contributed by atoms with Crippen LogP contribution in [-0.4, -0.2) is 34.7 Å².